The molecule has 4 heteroatoms. The summed E-state index contributed by atoms with van der Waals surface area (Å²) in [7, 11) is 0. The first kappa shape index (κ1) is 15.4. The second-order valence-corrected chi connectivity index (χ2v) is 5.97. The molecule has 0 bridgehead atoms. The zero-order chi connectivity index (χ0) is 15.3. The minimum Gasteiger partial charge on any atom is -0.489 e. The van der Waals surface area contributed by atoms with Crippen LogP contribution in [0.25, 0.3) is 0 Å². The van der Waals surface area contributed by atoms with Gasteiger partial charge in [-0.1, -0.05) is 18.2 Å². The van der Waals surface area contributed by atoms with Crippen LogP contribution in [0.3, 0.4) is 0 Å². The van der Waals surface area contributed by atoms with Crippen molar-refractivity contribution >= 4 is 0 Å². The van der Waals surface area contributed by atoms with Crippen molar-refractivity contribution in [1.82, 2.24) is 10.3 Å². The molecule has 3 nitrogen and oxygen atoms in total. The minimum atomic E-state index is -0.249. The van der Waals surface area contributed by atoms with Gasteiger partial charge in [-0.25, -0.2) is 4.39 Å². The fourth-order valence-corrected chi connectivity index (χ4v) is 1.77. The average Bonchev–Trinajstić information content (AvgIpc) is 2.44. The Morgan fingerprint density at radius 3 is 2.67 bits per heavy atom. The molecule has 0 aliphatic heterocycles. The molecule has 0 spiro atoms. The molecule has 1 aromatic carbocycles. The van der Waals surface area contributed by atoms with Gasteiger partial charge in [0.25, 0.3) is 0 Å². The molecule has 0 saturated carbocycles. The first-order valence-corrected chi connectivity index (χ1v) is 7.00. The number of pyridine rings is 1. The number of nitrogens with zero attached hydrogens (tertiary/aromatic N) is 1. The SMILES string of the molecule is CC(C)(C)NCc1cc(OCc2ccccc2F)ccn1. The highest BCUT2D eigenvalue weighted by atomic mass is 19.1. The molecule has 0 atom stereocenters. The maximum atomic E-state index is 13.5. The van der Waals surface area contributed by atoms with Gasteiger partial charge in [-0.15, -0.1) is 0 Å². The van der Waals surface area contributed by atoms with Gasteiger partial charge in [0.1, 0.15) is 18.2 Å². The largest absolute Gasteiger partial charge is 0.489 e. The van der Waals surface area contributed by atoms with Crippen molar-refractivity contribution in [3.05, 3.63) is 59.7 Å². The summed E-state index contributed by atoms with van der Waals surface area (Å²) in [5.41, 5.74) is 1.48. The second-order valence-electron chi connectivity index (χ2n) is 5.97. The summed E-state index contributed by atoms with van der Waals surface area (Å²) in [6, 6.07) is 10.3. The van der Waals surface area contributed by atoms with Crippen LogP contribution in [-0.2, 0) is 13.2 Å². The summed E-state index contributed by atoms with van der Waals surface area (Å²) in [6.07, 6.45) is 1.70. The standard InChI is InChI=1S/C17H21FN2O/c1-17(2,3)20-11-14-10-15(8-9-19-14)21-12-13-6-4-5-7-16(13)18/h4-10,20H,11-12H2,1-3H3. The summed E-state index contributed by atoms with van der Waals surface area (Å²) >= 11 is 0. The van der Waals surface area contributed by atoms with Gasteiger partial charge in [0.2, 0.25) is 0 Å². The monoisotopic (exact) mass is 288 g/mol. The Bertz CT molecular complexity index is 593. The molecule has 1 aromatic heterocycles. The lowest BCUT2D eigenvalue weighted by atomic mass is 10.1. The summed E-state index contributed by atoms with van der Waals surface area (Å²) in [4.78, 5) is 4.30. The van der Waals surface area contributed by atoms with Crippen molar-refractivity contribution < 1.29 is 9.13 Å². The maximum absolute atomic E-state index is 13.5. The summed E-state index contributed by atoms with van der Waals surface area (Å²) in [5, 5.41) is 3.37. The van der Waals surface area contributed by atoms with Gasteiger partial charge in [0.15, 0.2) is 0 Å². The van der Waals surface area contributed by atoms with E-state index in [1.54, 1.807) is 30.5 Å². The van der Waals surface area contributed by atoms with Crippen molar-refractivity contribution in [2.24, 2.45) is 0 Å². The fraction of sp³-hybridized carbons (Fsp3) is 0.353. The van der Waals surface area contributed by atoms with Crippen LogP contribution in [0.5, 0.6) is 5.75 Å². The van der Waals surface area contributed by atoms with Gasteiger partial charge >= 0.3 is 0 Å². The lowest BCUT2D eigenvalue weighted by molar-refractivity contribution is 0.299. The molecular formula is C17H21FN2O. The fourth-order valence-electron chi connectivity index (χ4n) is 1.77. The van der Waals surface area contributed by atoms with E-state index in [4.69, 9.17) is 4.74 Å². The van der Waals surface area contributed by atoms with Crippen LogP contribution in [0.4, 0.5) is 4.39 Å². The van der Waals surface area contributed by atoms with Crippen LogP contribution in [0.1, 0.15) is 32.0 Å². The smallest absolute Gasteiger partial charge is 0.129 e. The third-order valence-corrected chi connectivity index (χ3v) is 2.94. The van der Waals surface area contributed by atoms with Gasteiger partial charge in [-0.05, 0) is 32.9 Å². The van der Waals surface area contributed by atoms with Gasteiger partial charge in [0, 0.05) is 29.9 Å². The molecule has 0 saturated heterocycles. The van der Waals surface area contributed by atoms with E-state index in [0.29, 0.717) is 17.9 Å². The first-order chi connectivity index (χ1) is 9.94. The Kier molecular flexibility index (Phi) is 4.91. The molecule has 2 rings (SSSR count). The van der Waals surface area contributed by atoms with Crippen LogP contribution in [-0.4, -0.2) is 10.5 Å². The molecule has 1 N–H and O–H groups in total. The number of aromatic nitrogens is 1. The van der Waals surface area contributed by atoms with E-state index in [9.17, 15) is 4.39 Å². The molecule has 112 valence electrons. The third kappa shape index (κ3) is 5.16. The molecular weight excluding hydrogens is 267 g/mol. The van der Waals surface area contributed by atoms with Crippen molar-refractivity contribution in [2.45, 2.75) is 39.5 Å². The van der Waals surface area contributed by atoms with Crippen molar-refractivity contribution in [1.29, 1.82) is 0 Å². The molecule has 0 aliphatic carbocycles. The Balaban J connectivity index is 1.96. The highest BCUT2D eigenvalue weighted by molar-refractivity contribution is 5.24. The highest BCUT2D eigenvalue weighted by Gasteiger charge is 2.09. The molecule has 0 amide bonds. The maximum Gasteiger partial charge on any atom is 0.129 e. The zero-order valence-electron chi connectivity index (χ0n) is 12.7. The summed E-state index contributed by atoms with van der Waals surface area (Å²) in [6.45, 7) is 7.19. The van der Waals surface area contributed by atoms with E-state index >= 15 is 0 Å². The molecule has 0 fully saturated rings. The van der Waals surface area contributed by atoms with Crippen LogP contribution in [0.2, 0.25) is 0 Å². The lowest BCUT2D eigenvalue weighted by Crippen LogP contribution is -2.35. The number of ether oxygens (including phenoxy) is 1. The first-order valence-electron chi connectivity index (χ1n) is 7.00. The van der Waals surface area contributed by atoms with E-state index in [-0.39, 0.29) is 18.0 Å². The van der Waals surface area contributed by atoms with Gasteiger partial charge in [-0.2, -0.15) is 0 Å². The summed E-state index contributed by atoms with van der Waals surface area (Å²) in [5.74, 6) is 0.445. The Morgan fingerprint density at radius 2 is 1.95 bits per heavy atom. The van der Waals surface area contributed by atoms with Gasteiger partial charge < -0.3 is 10.1 Å². The Labute approximate surface area is 125 Å². The number of halogens is 1. The number of rotatable bonds is 5. The topological polar surface area (TPSA) is 34.1 Å². The van der Waals surface area contributed by atoms with Crippen LogP contribution in [0.15, 0.2) is 42.6 Å². The van der Waals surface area contributed by atoms with Crippen LogP contribution >= 0.6 is 0 Å². The predicted molar refractivity (Wildman–Crippen MR) is 81.6 cm³/mol. The normalized spacial score (nSPS) is 11.4. The average molecular weight is 288 g/mol. The van der Waals surface area contributed by atoms with E-state index in [1.165, 1.54) is 6.07 Å². The third-order valence-electron chi connectivity index (χ3n) is 2.94. The number of nitrogens with one attached hydrogen (secondary N) is 1. The Morgan fingerprint density at radius 1 is 1.19 bits per heavy atom. The molecule has 2 aromatic rings. The quantitative estimate of drug-likeness (QED) is 0.911. The van der Waals surface area contributed by atoms with E-state index in [2.05, 4.69) is 31.1 Å². The molecule has 0 radical (unpaired) electrons. The van der Waals surface area contributed by atoms with Crippen LogP contribution < -0.4 is 10.1 Å². The van der Waals surface area contributed by atoms with Crippen molar-refractivity contribution in [2.75, 3.05) is 0 Å². The molecule has 1 heterocycles. The lowest BCUT2D eigenvalue weighted by Gasteiger charge is -2.20. The number of hydrogen-bond acceptors (Lipinski definition) is 3. The van der Waals surface area contributed by atoms with Gasteiger partial charge in [0.05, 0.1) is 5.69 Å². The van der Waals surface area contributed by atoms with Gasteiger partial charge in [-0.3, -0.25) is 4.98 Å². The second kappa shape index (κ2) is 6.68. The predicted octanol–water partition coefficient (Wildman–Crippen LogP) is 3.69. The van der Waals surface area contributed by atoms with Crippen LogP contribution in [0, 0.1) is 5.82 Å². The minimum absolute atomic E-state index is 0.0334. The van der Waals surface area contributed by atoms with E-state index in [1.807, 2.05) is 6.07 Å². The van der Waals surface area contributed by atoms with Crippen molar-refractivity contribution in [3.63, 3.8) is 0 Å². The van der Waals surface area contributed by atoms with E-state index < -0.39 is 0 Å². The zero-order valence-corrected chi connectivity index (χ0v) is 12.7. The number of hydrogen-bond donors (Lipinski definition) is 1. The molecule has 21 heavy (non-hydrogen) atoms. The highest BCUT2D eigenvalue weighted by Crippen LogP contribution is 2.15. The summed E-state index contributed by atoms with van der Waals surface area (Å²) < 4.78 is 19.2. The number of benzene rings is 1. The van der Waals surface area contributed by atoms with Crippen molar-refractivity contribution in [3.8, 4) is 5.75 Å². The van der Waals surface area contributed by atoms with E-state index in [0.717, 1.165) is 5.69 Å². The molecule has 0 aliphatic rings. The molecule has 0 unspecified atom stereocenters. The Hall–Kier alpha value is -1.94.